The van der Waals surface area contributed by atoms with Crippen molar-refractivity contribution in [2.75, 3.05) is 27.3 Å². The van der Waals surface area contributed by atoms with Crippen LogP contribution in [-0.2, 0) is 9.47 Å². The zero-order chi connectivity index (χ0) is 34.4. The molecule has 1 aromatic carbocycles. The van der Waals surface area contributed by atoms with Gasteiger partial charge < -0.3 is 49.6 Å². The predicted molar refractivity (Wildman–Crippen MR) is 169 cm³/mol. The molecule has 14 atom stereocenters. The molecule has 1 spiro atoms. The quantitative estimate of drug-likeness (QED) is 0.253. The highest BCUT2D eigenvalue weighted by Gasteiger charge is 2.88. The van der Waals surface area contributed by atoms with Crippen LogP contribution in [0.5, 0.6) is 11.5 Å². The van der Waals surface area contributed by atoms with E-state index < -0.39 is 81.2 Å². The first-order valence-corrected chi connectivity index (χ1v) is 17.6. The normalized spacial score (nSPS) is 53.6. The van der Waals surface area contributed by atoms with E-state index in [0.29, 0.717) is 56.1 Å². The molecule has 48 heavy (non-hydrogen) atoms. The number of ether oxygens (including phenoxy) is 4. The molecule has 4 bridgehead atoms. The van der Waals surface area contributed by atoms with Crippen molar-refractivity contribution in [1.29, 1.82) is 0 Å². The second kappa shape index (κ2) is 10.1. The Morgan fingerprint density at radius 1 is 0.896 bits per heavy atom. The van der Waals surface area contributed by atoms with Gasteiger partial charge >= 0.3 is 5.97 Å². The fraction of sp³-hybridized carbons (Fsp3) is 0.806. The van der Waals surface area contributed by atoms with Crippen molar-refractivity contribution < 1.29 is 54.4 Å². The Labute approximate surface area is 280 Å². The van der Waals surface area contributed by atoms with E-state index in [1.54, 1.807) is 19.1 Å². The van der Waals surface area contributed by atoms with Crippen molar-refractivity contribution in [3.63, 3.8) is 0 Å². The van der Waals surface area contributed by atoms with E-state index >= 15 is 0 Å². The van der Waals surface area contributed by atoms with E-state index in [1.165, 1.54) is 20.3 Å². The molecule has 3 aliphatic heterocycles. The Morgan fingerprint density at radius 2 is 1.60 bits per heavy atom. The number of fused-ring (bicyclic) bond motifs is 5. The fourth-order valence-corrected chi connectivity index (χ4v) is 12.6. The van der Waals surface area contributed by atoms with E-state index in [9.17, 15) is 35.4 Å². The zero-order valence-electron chi connectivity index (χ0n) is 28.5. The number of methoxy groups -OCH3 is 2. The van der Waals surface area contributed by atoms with Gasteiger partial charge in [-0.15, -0.1) is 0 Å². The lowest BCUT2D eigenvalue weighted by Gasteiger charge is -2.68. The summed E-state index contributed by atoms with van der Waals surface area (Å²) < 4.78 is 23.5. The van der Waals surface area contributed by atoms with Gasteiger partial charge in [-0.25, -0.2) is 4.79 Å². The lowest BCUT2D eigenvalue weighted by Crippen LogP contribution is -2.85. The molecule has 7 fully saturated rings. The molecule has 7 aliphatic rings. The van der Waals surface area contributed by atoms with Gasteiger partial charge in [0.05, 0.1) is 31.5 Å². The summed E-state index contributed by atoms with van der Waals surface area (Å²) in [6.45, 7) is 6.57. The number of aliphatic hydroxyl groups excluding tert-OH is 1. The Bertz CT molecular complexity index is 1520. The van der Waals surface area contributed by atoms with Crippen molar-refractivity contribution in [3.8, 4) is 11.5 Å². The molecule has 3 heterocycles. The molecule has 266 valence electrons. The van der Waals surface area contributed by atoms with E-state index in [4.69, 9.17) is 18.9 Å². The number of nitrogens with zero attached hydrogens (tertiary/aromatic N) is 1. The molecule has 4 aliphatic carbocycles. The first-order valence-electron chi connectivity index (χ1n) is 17.6. The zero-order valence-corrected chi connectivity index (χ0v) is 28.5. The maximum atomic E-state index is 13.5. The third-order valence-electron chi connectivity index (χ3n) is 14.9. The Hall–Kier alpha value is -2.03. The molecule has 4 saturated carbocycles. The number of hydrogen-bond acceptors (Lipinski definition) is 12. The second-order valence-corrected chi connectivity index (χ2v) is 16.8. The minimum atomic E-state index is -2.10. The molecule has 3 saturated heterocycles. The molecule has 0 amide bonds. The number of benzene rings is 1. The van der Waals surface area contributed by atoms with Crippen LogP contribution >= 0.6 is 0 Å². The van der Waals surface area contributed by atoms with Crippen LogP contribution in [0.1, 0.15) is 82.5 Å². The molecular weight excluding hydrogens is 622 g/mol. The summed E-state index contributed by atoms with van der Waals surface area (Å²) in [5.41, 5.74) is -9.44. The molecule has 0 aromatic heterocycles. The first-order chi connectivity index (χ1) is 22.5. The van der Waals surface area contributed by atoms with E-state index in [0.717, 1.165) is 6.42 Å². The van der Waals surface area contributed by atoms with Gasteiger partial charge in [-0.05, 0) is 69.6 Å². The van der Waals surface area contributed by atoms with Gasteiger partial charge in [0.1, 0.15) is 22.4 Å². The summed E-state index contributed by atoms with van der Waals surface area (Å²) in [4.78, 5) is 15.6. The average Bonchev–Trinajstić information content (AvgIpc) is 3.21. The number of rotatable bonds is 4. The van der Waals surface area contributed by atoms with E-state index in [2.05, 4.69) is 11.8 Å². The van der Waals surface area contributed by atoms with Crippen LogP contribution in [0.3, 0.4) is 0 Å². The molecule has 12 heteroatoms. The summed E-state index contributed by atoms with van der Waals surface area (Å²) in [5, 5.41) is 74.7. The van der Waals surface area contributed by atoms with Gasteiger partial charge in [-0.3, -0.25) is 4.90 Å². The lowest BCUT2D eigenvalue weighted by atomic mass is 9.49. The summed E-state index contributed by atoms with van der Waals surface area (Å²) in [5.74, 6) is -3.63. The standard InChI is InChI=1S/C36H51NO11/c1-19-6-11-26-31(3,40)35(43)25(17-37(26)16-19)33(42)18-34-24(32(33,41)15-27(35)38)10-9-23-30(34,2)13-12-28(36(23,44)48-34)47-29(39)20-7-8-21(45-4)22(14-20)46-5/h7-8,14,19,23-28,38,40-44H,6,9-13,15-18H2,1-5H3/t19-,23-,24+,25+,26-,27+,28-,30+,31-,32-,33-,34-,35+,36+/m1/s1. The number of carbonyl (C=O) groups is 1. The number of carbonyl (C=O) groups excluding carboxylic acids is 1. The summed E-state index contributed by atoms with van der Waals surface area (Å²) in [7, 11) is 2.97. The number of esters is 1. The second-order valence-electron chi connectivity index (χ2n) is 16.8. The van der Waals surface area contributed by atoms with Crippen molar-refractivity contribution in [1.82, 2.24) is 4.90 Å². The molecular formula is C36H51NO11. The summed E-state index contributed by atoms with van der Waals surface area (Å²) >= 11 is 0. The molecule has 0 unspecified atom stereocenters. The van der Waals surface area contributed by atoms with Gasteiger partial charge in [0.2, 0.25) is 5.79 Å². The molecule has 1 aromatic rings. The topological polar surface area (TPSA) is 179 Å². The van der Waals surface area contributed by atoms with Gasteiger partial charge in [0, 0.05) is 55.1 Å². The summed E-state index contributed by atoms with van der Waals surface area (Å²) in [6, 6.07) is 4.28. The molecule has 8 rings (SSSR count). The Morgan fingerprint density at radius 3 is 2.31 bits per heavy atom. The Kier molecular flexibility index (Phi) is 6.94. The van der Waals surface area contributed by atoms with Crippen LogP contribution in [0, 0.1) is 29.1 Å². The third-order valence-corrected chi connectivity index (χ3v) is 14.9. The van der Waals surface area contributed by atoms with Gasteiger partial charge in [-0.1, -0.05) is 13.8 Å². The van der Waals surface area contributed by atoms with Crippen molar-refractivity contribution >= 4 is 5.97 Å². The maximum absolute atomic E-state index is 13.5. The largest absolute Gasteiger partial charge is 0.493 e. The number of hydrogen-bond donors (Lipinski definition) is 6. The molecule has 0 radical (unpaired) electrons. The van der Waals surface area contributed by atoms with Crippen LogP contribution in [0.2, 0.25) is 0 Å². The SMILES string of the molecule is COc1ccc(C(=O)O[C@@H]2CC[C@@]3(C)[C@H]4CC[C@H]5[C@]6(O)C[C@H](O)[C@@]7(O)[C@@H](CN8C[C@H](C)CC[C@@H]8[C@@]7(C)O)[C@]6(O)C[C@@]53O[C@]24O)cc1OC. The highest BCUT2D eigenvalue weighted by atomic mass is 16.7. The summed E-state index contributed by atoms with van der Waals surface area (Å²) in [6.07, 6.45) is 0.172. The van der Waals surface area contributed by atoms with E-state index in [-0.39, 0.29) is 24.9 Å². The predicted octanol–water partition coefficient (Wildman–Crippen LogP) is 1.36. The van der Waals surface area contributed by atoms with Crippen molar-refractivity contribution in [2.24, 2.45) is 29.1 Å². The first kappa shape index (κ1) is 33.1. The fourth-order valence-electron chi connectivity index (χ4n) is 12.6. The monoisotopic (exact) mass is 673 g/mol. The minimum absolute atomic E-state index is 0.101. The van der Waals surface area contributed by atoms with Crippen LogP contribution in [-0.4, -0.2) is 121 Å². The van der Waals surface area contributed by atoms with Crippen LogP contribution < -0.4 is 9.47 Å². The van der Waals surface area contributed by atoms with Crippen molar-refractivity contribution in [3.05, 3.63) is 23.8 Å². The van der Waals surface area contributed by atoms with Crippen LogP contribution in [0.25, 0.3) is 0 Å². The van der Waals surface area contributed by atoms with Crippen LogP contribution in [0.15, 0.2) is 18.2 Å². The van der Waals surface area contributed by atoms with Crippen LogP contribution in [0.4, 0.5) is 0 Å². The highest BCUT2D eigenvalue weighted by Crippen LogP contribution is 2.78. The van der Waals surface area contributed by atoms with Gasteiger partial charge in [0.25, 0.3) is 0 Å². The number of piperidine rings is 2. The molecule has 12 nitrogen and oxygen atoms in total. The third kappa shape index (κ3) is 3.66. The smallest absolute Gasteiger partial charge is 0.338 e. The van der Waals surface area contributed by atoms with Gasteiger partial charge in [0.15, 0.2) is 17.6 Å². The lowest BCUT2D eigenvalue weighted by molar-refractivity contribution is -0.354. The average molecular weight is 674 g/mol. The van der Waals surface area contributed by atoms with Crippen molar-refractivity contribution in [2.45, 2.75) is 124 Å². The highest BCUT2D eigenvalue weighted by molar-refractivity contribution is 5.90. The van der Waals surface area contributed by atoms with E-state index in [1.807, 2.05) is 6.92 Å². The Balaban J connectivity index is 1.16. The van der Waals surface area contributed by atoms with Gasteiger partial charge in [-0.2, -0.15) is 0 Å². The minimum Gasteiger partial charge on any atom is -0.493 e. The maximum Gasteiger partial charge on any atom is 0.338 e. The molecule has 6 N–H and O–H groups in total. The number of aliphatic hydroxyl groups is 6.